The predicted octanol–water partition coefficient (Wildman–Crippen LogP) is 4.31. The van der Waals surface area contributed by atoms with Crippen molar-refractivity contribution in [1.29, 1.82) is 0 Å². The summed E-state index contributed by atoms with van der Waals surface area (Å²) in [6.07, 6.45) is 4.84. The maximum atomic E-state index is 14.5. The van der Waals surface area contributed by atoms with E-state index in [9.17, 15) is 14.3 Å². The maximum absolute atomic E-state index is 14.5. The fraction of sp³-hybridized carbons (Fsp3) is 0.458. The van der Waals surface area contributed by atoms with E-state index in [0.717, 1.165) is 44.1 Å². The molecule has 2 fully saturated rings. The summed E-state index contributed by atoms with van der Waals surface area (Å²) in [5.74, 6) is 0.136. The van der Waals surface area contributed by atoms with Crippen molar-refractivity contribution in [2.24, 2.45) is 11.1 Å². The van der Waals surface area contributed by atoms with Crippen molar-refractivity contribution in [2.45, 2.75) is 44.6 Å². The van der Waals surface area contributed by atoms with E-state index < -0.39 is 5.82 Å². The van der Waals surface area contributed by atoms with E-state index in [1.807, 2.05) is 24.3 Å². The van der Waals surface area contributed by atoms with Gasteiger partial charge in [-0.25, -0.2) is 4.39 Å². The molecule has 0 unspecified atom stereocenters. The highest BCUT2D eigenvalue weighted by molar-refractivity contribution is 5.95. The number of amides is 1. The Balaban J connectivity index is 0.00000272. The lowest BCUT2D eigenvalue weighted by atomic mass is 9.76. The van der Waals surface area contributed by atoms with Crippen LogP contribution in [-0.2, 0) is 6.42 Å². The fourth-order valence-electron chi connectivity index (χ4n) is 4.86. The van der Waals surface area contributed by atoms with Crippen LogP contribution in [0.15, 0.2) is 42.5 Å². The summed E-state index contributed by atoms with van der Waals surface area (Å²) < 4.78 is 20.4. The van der Waals surface area contributed by atoms with Crippen molar-refractivity contribution in [3.63, 3.8) is 0 Å². The number of nitrogens with two attached hydrogens (primary N) is 1. The number of aliphatic hydroxyl groups excluding tert-OH is 1. The molecule has 4 rings (SSSR count). The van der Waals surface area contributed by atoms with Crippen LogP contribution in [-0.4, -0.2) is 41.7 Å². The number of carbonyl (C=O) groups excluding carboxylic acids is 1. The van der Waals surface area contributed by atoms with Gasteiger partial charge in [0.05, 0.1) is 11.7 Å². The third-order valence-electron chi connectivity index (χ3n) is 6.52. The lowest BCUT2D eigenvalue weighted by molar-refractivity contribution is -0.00550. The van der Waals surface area contributed by atoms with Crippen LogP contribution < -0.4 is 10.5 Å². The van der Waals surface area contributed by atoms with E-state index >= 15 is 0 Å². The Labute approximate surface area is 188 Å². The molecule has 1 saturated carbocycles. The normalized spacial score (nSPS) is 22.9. The average molecular weight is 449 g/mol. The second kappa shape index (κ2) is 9.98. The van der Waals surface area contributed by atoms with E-state index in [4.69, 9.17) is 10.5 Å². The predicted molar refractivity (Wildman–Crippen MR) is 120 cm³/mol. The largest absolute Gasteiger partial charge is 0.457 e. The first-order valence-corrected chi connectivity index (χ1v) is 10.7. The van der Waals surface area contributed by atoms with Crippen molar-refractivity contribution in [1.82, 2.24) is 4.90 Å². The molecule has 2 aromatic rings. The molecule has 2 aromatic carbocycles. The van der Waals surface area contributed by atoms with Crippen LogP contribution in [0.4, 0.5) is 4.39 Å². The molecule has 0 radical (unpaired) electrons. The standard InChI is InChI=1S/C24H29FN2O3.ClH/c25-21-9-8-19(30-18-6-4-17(5-7-18)10-13-26)15-20(21)23(29)27-14-2-12-24(16-27)11-1-3-22(24)28;/h4-9,15,22,28H,1-3,10-14,16,26H2;1H/t22-,24-;/m1./s1. The molecule has 1 heterocycles. The summed E-state index contributed by atoms with van der Waals surface area (Å²) in [7, 11) is 0. The van der Waals surface area contributed by atoms with Crippen LogP contribution >= 0.6 is 12.4 Å². The summed E-state index contributed by atoms with van der Waals surface area (Å²) in [6.45, 7) is 1.65. The third-order valence-corrected chi connectivity index (χ3v) is 6.52. The minimum Gasteiger partial charge on any atom is -0.457 e. The first-order chi connectivity index (χ1) is 14.5. The van der Waals surface area contributed by atoms with Gasteiger partial charge in [0.15, 0.2) is 0 Å². The summed E-state index contributed by atoms with van der Waals surface area (Å²) in [5, 5.41) is 10.5. The van der Waals surface area contributed by atoms with Crippen molar-refractivity contribution in [3.8, 4) is 11.5 Å². The van der Waals surface area contributed by atoms with Crippen LogP contribution in [0.1, 0.15) is 48.0 Å². The molecule has 0 aromatic heterocycles. The summed E-state index contributed by atoms with van der Waals surface area (Å²) >= 11 is 0. The van der Waals surface area contributed by atoms with E-state index in [0.29, 0.717) is 31.1 Å². The fourth-order valence-corrected chi connectivity index (χ4v) is 4.86. The number of nitrogens with zero attached hydrogens (tertiary/aromatic N) is 1. The van der Waals surface area contributed by atoms with Gasteiger partial charge in [0.25, 0.3) is 5.91 Å². The number of carbonyl (C=O) groups is 1. The van der Waals surface area contributed by atoms with E-state index in [1.165, 1.54) is 18.2 Å². The second-order valence-electron chi connectivity index (χ2n) is 8.53. The zero-order valence-electron chi connectivity index (χ0n) is 17.6. The molecule has 1 amide bonds. The molecule has 2 aliphatic rings. The number of rotatable bonds is 5. The molecular formula is C24H30ClFN2O3. The van der Waals surface area contributed by atoms with Crippen LogP contribution in [0.2, 0.25) is 0 Å². The van der Waals surface area contributed by atoms with Crippen LogP contribution in [0.3, 0.4) is 0 Å². The number of ether oxygens (including phenoxy) is 1. The smallest absolute Gasteiger partial charge is 0.256 e. The van der Waals surface area contributed by atoms with E-state index in [2.05, 4.69) is 0 Å². The van der Waals surface area contributed by atoms with E-state index in [1.54, 1.807) is 4.90 Å². The Morgan fingerprint density at radius 1 is 1.16 bits per heavy atom. The molecular weight excluding hydrogens is 419 g/mol. The van der Waals surface area contributed by atoms with Gasteiger partial charge in [-0.15, -0.1) is 12.4 Å². The van der Waals surface area contributed by atoms with Crippen LogP contribution in [0.5, 0.6) is 11.5 Å². The van der Waals surface area contributed by atoms with Crippen molar-refractivity contribution < 1.29 is 19.0 Å². The topological polar surface area (TPSA) is 75.8 Å². The number of hydrogen-bond donors (Lipinski definition) is 2. The van der Waals surface area contributed by atoms with Gasteiger partial charge in [-0.05, 0) is 74.5 Å². The lowest BCUT2D eigenvalue weighted by Crippen LogP contribution is -2.49. The molecule has 31 heavy (non-hydrogen) atoms. The highest BCUT2D eigenvalue weighted by Crippen LogP contribution is 2.45. The summed E-state index contributed by atoms with van der Waals surface area (Å²) in [6, 6.07) is 11.8. The molecule has 2 atom stereocenters. The first-order valence-electron chi connectivity index (χ1n) is 10.7. The quantitative estimate of drug-likeness (QED) is 0.714. The summed E-state index contributed by atoms with van der Waals surface area (Å²) in [4.78, 5) is 14.8. The minimum absolute atomic E-state index is 0. The zero-order chi connectivity index (χ0) is 21.1. The summed E-state index contributed by atoms with van der Waals surface area (Å²) in [5.41, 5.74) is 6.47. The van der Waals surface area contributed by atoms with Gasteiger partial charge in [-0.3, -0.25) is 4.79 Å². The SMILES string of the molecule is Cl.NCCc1ccc(Oc2ccc(F)c(C(=O)N3CCC[C@]4(CCC[C@H]4O)C3)c2)cc1. The minimum atomic E-state index is -0.558. The molecule has 0 bridgehead atoms. The molecule has 7 heteroatoms. The van der Waals surface area contributed by atoms with E-state index in [-0.39, 0.29) is 35.4 Å². The molecule has 1 saturated heterocycles. The van der Waals surface area contributed by atoms with Gasteiger partial charge in [0.2, 0.25) is 0 Å². The Morgan fingerprint density at radius 3 is 2.55 bits per heavy atom. The molecule has 1 aliphatic carbocycles. The Morgan fingerprint density at radius 2 is 1.87 bits per heavy atom. The van der Waals surface area contributed by atoms with Crippen LogP contribution in [0.25, 0.3) is 0 Å². The Kier molecular flexibility index (Phi) is 7.57. The van der Waals surface area contributed by atoms with Gasteiger partial charge in [-0.1, -0.05) is 18.6 Å². The highest BCUT2D eigenvalue weighted by atomic mass is 35.5. The van der Waals surface area contributed by atoms with Gasteiger partial charge >= 0.3 is 0 Å². The number of hydrogen-bond acceptors (Lipinski definition) is 4. The zero-order valence-corrected chi connectivity index (χ0v) is 18.4. The second-order valence-corrected chi connectivity index (χ2v) is 8.53. The van der Waals surface area contributed by atoms with Gasteiger partial charge < -0.3 is 20.5 Å². The van der Waals surface area contributed by atoms with Crippen molar-refractivity contribution in [2.75, 3.05) is 19.6 Å². The molecule has 5 nitrogen and oxygen atoms in total. The number of piperidine rings is 1. The van der Waals surface area contributed by atoms with Crippen molar-refractivity contribution in [3.05, 3.63) is 59.4 Å². The highest BCUT2D eigenvalue weighted by Gasteiger charge is 2.45. The maximum Gasteiger partial charge on any atom is 0.256 e. The number of likely N-dealkylation sites (tertiary alicyclic amines) is 1. The van der Waals surface area contributed by atoms with Crippen LogP contribution in [0, 0.1) is 11.2 Å². The lowest BCUT2D eigenvalue weighted by Gasteiger charge is -2.42. The van der Waals surface area contributed by atoms with Gasteiger partial charge in [-0.2, -0.15) is 0 Å². The molecule has 1 spiro atoms. The number of halogens is 2. The van der Waals surface area contributed by atoms with Gasteiger partial charge in [0.1, 0.15) is 17.3 Å². The number of benzene rings is 2. The Hall–Kier alpha value is -2.15. The monoisotopic (exact) mass is 448 g/mol. The molecule has 168 valence electrons. The van der Waals surface area contributed by atoms with Gasteiger partial charge in [0, 0.05) is 18.5 Å². The number of aliphatic hydroxyl groups is 1. The Bertz CT molecular complexity index is 908. The van der Waals surface area contributed by atoms with Crippen molar-refractivity contribution >= 4 is 18.3 Å². The third kappa shape index (κ3) is 5.03. The first kappa shape index (κ1) is 23.5. The average Bonchev–Trinajstić information content (AvgIpc) is 3.09. The molecule has 3 N–H and O–H groups in total. The molecule has 1 aliphatic heterocycles.